The molecule has 4 nitrogen and oxygen atoms in total. The largest absolute Gasteiger partial charge is 0.240 e. The minimum atomic E-state index is 1.12. The minimum absolute atomic E-state index is 1.12. The fourth-order valence-electron chi connectivity index (χ4n) is 2.82. The van der Waals surface area contributed by atoms with Crippen LogP contribution in [0.3, 0.4) is 0 Å². The highest BCUT2D eigenvalue weighted by atomic mass is 15.9. The average Bonchev–Trinajstić information content (AvgIpc) is 2.61. The van der Waals surface area contributed by atoms with E-state index >= 15 is 0 Å². The van der Waals surface area contributed by atoms with Crippen LogP contribution < -0.4 is 10.9 Å². The molecule has 0 aromatic rings. The molecule has 2 aliphatic heterocycles. The van der Waals surface area contributed by atoms with E-state index in [-0.39, 0.29) is 0 Å². The van der Waals surface area contributed by atoms with Crippen LogP contribution >= 0.6 is 0 Å². The Morgan fingerprint density at radius 2 is 0.833 bits per heavy atom. The lowest BCUT2D eigenvalue weighted by Crippen LogP contribution is -2.57. The standard InChI is InChI=1S/C14H30N4/c1-3-7-11-15-17(13-9-5-1)18-14-10-6-2-4-8-12-16-18/h15-16H,1-14H2. The molecule has 0 saturated carbocycles. The normalized spacial score (nSPS) is 27.3. The van der Waals surface area contributed by atoms with Crippen molar-refractivity contribution in [1.82, 2.24) is 21.1 Å². The van der Waals surface area contributed by atoms with Crippen molar-refractivity contribution < 1.29 is 0 Å². The van der Waals surface area contributed by atoms with Gasteiger partial charge in [-0.15, -0.1) is 0 Å². The molecule has 0 bridgehead atoms. The van der Waals surface area contributed by atoms with Crippen molar-refractivity contribution in [2.75, 3.05) is 26.2 Å². The van der Waals surface area contributed by atoms with Gasteiger partial charge in [-0.2, -0.15) is 10.2 Å². The fraction of sp³-hybridized carbons (Fsp3) is 1.00. The van der Waals surface area contributed by atoms with Gasteiger partial charge in [0, 0.05) is 26.2 Å². The van der Waals surface area contributed by atoms with E-state index < -0.39 is 0 Å². The van der Waals surface area contributed by atoms with Gasteiger partial charge in [0.2, 0.25) is 0 Å². The summed E-state index contributed by atoms with van der Waals surface area (Å²) in [6.45, 7) is 4.54. The maximum Gasteiger partial charge on any atom is 0.0304 e. The lowest BCUT2D eigenvalue weighted by molar-refractivity contribution is -0.109. The van der Waals surface area contributed by atoms with E-state index in [1.807, 2.05) is 0 Å². The van der Waals surface area contributed by atoms with Gasteiger partial charge in [-0.1, -0.05) is 38.5 Å². The number of hydrogen-bond acceptors (Lipinski definition) is 4. The molecule has 0 aliphatic carbocycles. The van der Waals surface area contributed by atoms with Crippen molar-refractivity contribution in [2.24, 2.45) is 0 Å². The molecule has 0 radical (unpaired) electrons. The van der Waals surface area contributed by atoms with Gasteiger partial charge < -0.3 is 0 Å². The molecule has 2 rings (SSSR count). The molecule has 0 aromatic carbocycles. The second kappa shape index (κ2) is 8.86. The zero-order valence-corrected chi connectivity index (χ0v) is 11.8. The van der Waals surface area contributed by atoms with Crippen molar-refractivity contribution in [1.29, 1.82) is 0 Å². The van der Waals surface area contributed by atoms with Crippen LogP contribution in [0.15, 0.2) is 0 Å². The minimum Gasteiger partial charge on any atom is -0.240 e. The molecule has 2 saturated heterocycles. The van der Waals surface area contributed by atoms with Crippen LogP contribution in [-0.4, -0.2) is 36.4 Å². The number of hydrazine groups is 3. The van der Waals surface area contributed by atoms with Gasteiger partial charge in [0.25, 0.3) is 0 Å². The lowest BCUT2D eigenvalue weighted by Gasteiger charge is -2.35. The highest BCUT2D eigenvalue weighted by molar-refractivity contribution is 4.59. The first-order valence-corrected chi connectivity index (χ1v) is 7.99. The maximum absolute atomic E-state index is 3.60. The van der Waals surface area contributed by atoms with Crippen LogP contribution in [0.1, 0.15) is 64.2 Å². The van der Waals surface area contributed by atoms with Gasteiger partial charge >= 0.3 is 0 Å². The molecule has 106 valence electrons. The van der Waals surface area contributed by atoms with Crippen LogP contribution in [-0.2, 0) is 0 Å². The van der Waals surface area contributed by atoms with E-state index in [1.165, 1.54) is 64.2 Å². The predicted octanol–water partition coefficient (Wildman–Crippen LogP) is 2.44. The van der Waals surface area contributed by atoms with Crippen LogP contribution in [0.2, 0.25) is 0 Å². The third-order valence-electron chi connectivity index (χ3n) is 3.97. The van der Waals surface area contributed by atoms with E-state index in [9.17, 15) is 0 Å². The number of nitrogens with one attached hydrogen (secondary N) is 2. The molecule has 2 N–H and O–H groups in total. The van der Waals surface area contributed by atoms with Gasteiger partial charge in [0.1, 0.15) is 0 Å². The quantitative estimate of drug-likeness (QED) is 0.752. The summed E-state index contributed by atoms with van der Waals surface area (Å²) in [4.78, 5) is 0. The van der Waals surface area contributed by atoms with Crippen molar-refractivity contribution >= 4 is 0 Å². The molecular weight excluding hydrogens is 224 g/mol. The van der Waals surface area contributed by atoms with Gasteiger partial charge in [-0.25, -0.2) is 10.9 Å². The van der Waals surface area contributed by atoms with E-state index in [2.05, 4.69) is 21.1 Å². The third kappa shape index (κ3) is 5.22. The Labute approximate surface area is 112 Å². The molecule has 0 unspecified atom stereocenters. The summed E-state index contributed by atoms with van der Waals surface area (Å²) in [7, 11) is 0. The summed E-state index contributed by atoms with van der Waals surface area (Å²) < 4.78 is 0. The summed E-state index contributed by atoms with van der Waals surface area (Å²) in [5, 5.41) is 4.69. The highest BCUT2D eigenvalue weighted by Gasteiger charge is 2.15. The zero-order valence-electron chi connectivity index (χ0n) is 11.8. The summed E-state index contributed by atoms with van der Waals surface area (Å²) in [6, 6.07) is 0. The Hall–Kier alpha value is -0.160. The van der Waals surface area contributed by atoms with Crippen LogP contribution in [0.25, 0.3) is 0 Å². The van der Waals surface area contributed by atoms with E-state index in [0.717, 1.165) is 26.2 Å². The predicted molar refractivity (Wildman–Crippen MR) is 75.6 cm³/mol. The second-order valence-corrected chi connectivity index (χ2v) is 5.60. The molecule has 0 aromatic heterocycles. The Balaban J connectivity index is 1.83. The number of nitrogens with zero attached hydrogens (tertiary/aromatic N) is 2. The SMILES string of the molecule is C1CCCNN(N2CCCCCCCN2)CCC1. The highest BCUT2D eigenvalue weighted by Crippen LogP contribution is 2.10. The van der Waals surface area contributed by atoms with Gasteiger partial charge in [-0.3, -0.25) is 0 Å². The third-order valence-corrected chi connectivity index (χ3v) is 3.97. The molecule has 2 heterocycles. The Bertz CT molecular complexity index is 168. The Morgan fingerprint density at radius 3 is 1.33 bits per heavy atom. The van der Waals surface area contributed by atoms with E-state index in [4.69, 9.17) is 0 Å². The first kappa shape index (κ1) is 14.3. The van der Waals surface area contributed by atoms with Crippen LogP contribution in [0.5, 0.6) is 0 Å². The number of rotatable bonds is 1. The van der Waals surface area contributed by atoms with Crippen molar-refractivity contribution in [3.63, 3.8) is 0 Å². The first-order chi connectivity index (χ1) is 8.97. The summed E-state index contributed by atoms with van der Waals surface area (Å²) in [5.74, 6) is 0. The van der Waals surface area contributed by atoms with E-state index in [0.29, 0.717) is 0 Å². The monoisotopic (exact) mass is 254 g/mol. The molecule has 18 heavy (non-hydrogen) atoms. The average molecular weight is 254 g/mol. The molecule has 2 fully saturated rings. The second-order valence-electron chi connectivity index (χ2n) is 5.60. The summed E-state index contributed by atoms with van der Waals surface area (Å²) in [6.07, 6.45) is 13.6. The van der Waals surface area contributed by atoms with Crippen molar-refractivity contribution in [2.45, 2.75) is 64.2 Å². The molecule has 0 atom stereocenters. The molecule has 0 amide bonds. The molecular formula is C14H30N4. The summed E-state index contributed by atoms with van der Waals surface area (Å²) >= 11 is 0. The van der Waals surface area contributed by atoms with Crippen molar-refractivity contribution in [3.8, 4) is 0 Å². The fourth-order valence-corrected chi connectivity index (χ4v) is 2.82. The van der Waals surface area contributed by atoms with Gasteiger partial charge in [0.15, 0.2) is 0 Å². The smallest absolute Gasteiger partial charge is 0.0304 e. The summed E-state index contributed by atoms with van der Waals surface area (Å²) in [5.41, 5.74) is 7.19. The maximum atomic E-state index is 3.60. The lowest BCUT2D eigenvalue weighted by atomic mass is 10.1. The van der Waals surface area contributed by atoms with Crippen molar-refractivity contribution in [3.05, 3.63) is 0 Å². The van der Waals surface area contributed by atoms with E-state index in [1.54, 1.807) is 0 Å². The Kier molecular flexibility index (Phi) is 7.01. The van der Waals surface area contributed by atoms with Gasteiger partial charge in [-0.05, 0) is 25.7 Å². The van der Waals surface area contributed by atoms with Crippen LogP contribution in [0.4, 0.5) is 0 Å². The van der Waals surface area contributed by atoms with Crippen LogP contribution in [0, 0.1) is 0 Å². The molecule has 0 spiro atoms. The first-order valence-electron chi connectivity index (χ1n) is 7.99. The Morgan fingerprint density at radius 1 is 0.444 bits per heavy atom. The van der Waals surface area contributed by atoms with Gasteiger partial charge in [0.05, 0.1) is 0 Å². The molecule has 4 heteroatoms. The molecule has 2 aliphatic rings. The topological polar surface area (TPSA) is 30.5 Å². The zero-order chi connectivity index (χ0) is 12.5. The number of hydrogen-bond donors (Lipinski definition) is 2.